The standard InChI is InChI=1S/C23H27N5O2S2.2H2/c29-19(3-8-28-9-4-23(13-28)5-10-30-14-23)27-22-20(15-1-6-25-12-18(15)32-22)21-26-16-11-24-7-2-17(16)31-21;;/h2,7,11,25H,1,3-6,8-10,12-14H2,(H,27,29);2*1H. The number of carbonyl (C=O) groups excluding carboxylic acids is 1. The molecule has 7 nitrogen and oxygen atoms in total. The zero-order valence-electron chi connectivity index (χ0n) is 18.0. The van der Waals surface area contributed by atoms with Crippen molar-refractivity contribution in [2.24, 2.45) is 5.41 Å². The van der Waals surface area contributed by atoms with Crippen molar-refractivity contribution in [1.82, 2.24) is 20.2 Å². The van der Waals surface area contributed by atoms with Gasteiger partial charge in [-0.3, -0.25) is 9.78 Å². The highest BCUT2D eigenvalue weighted by Crippen LogP contribution is 2.45. The topological polar surface area (TPSA) is 79.4 Å². The van der Waals surface area contributed by atoms with E-state index in [4.69, 9.17) is 9.72 Å². The largest absolute Gasteiger partial charge is 0.381 e. The molecular weight excluding hydrogens is 442 g/mol. The van der Waals surface area contributed by atoms with E-state index in [1.54, 1.807) is 28.9 Å². The minimum absolute atomic E-state index is 0. The lowest BCUT2D eigenvalue weighted by molar-refractivity contribution is -0.116. The number of anilines is 1. The Hall–Kier alpha value is -1.91. The molecule has 3 aliphatic rings. The number of aromatic nitrogens is 2. The van der Waals surface area contributed by atoms with Gasteiger partial charge in [-0.25, -0.2) is 4.98 Å². The smallest absolute Gasteiger partial charge is 0.226 e. The first kappa shape index (κ1) is 20.7. The number of thiazole rings is 1. The summed E-state index contributed by atoms with van der Waals surface area (Å²) < 4.78 is 6.76. The van der Waals surface area contributed by atoms with Crippen molar-refractivity contribution in [3.63, 3.8) is 0 Å². The maximum atomic E-state index is 13.0. The molecular formula is C23H31N5O2S2. The van der Waals surface area contributed by atoms with Crippen LogP contribution in [0, 0.1) is 5.41 Å². The van der Waals surface area contributed by atoms with Crippen LogP contribution in [-0.4, -0.2) is 60.2 Å². The molecule has 6 heterocycles. The summed E-state index contributed by atoms with van der Waals surface area (Å²) in [4.78, 5) is 25.7. The van der Waals surface area contributed by atoms with Crippen LogP contribution in [0.25, 0.3) is 20.8 Å². The van der Waals surface area contributed by atoms with Crippen LogP contribution in [0.2, 0.25) is 0 Å². The van der Waals surface area contributed by atoms with E-state index in [0.717, 1.165) is 84.6 Å². The molecule has 172 valence electrons. The highest BCUT2D eigenvalue weighted by Gasteiger charge is 2.41. The zero-order chi connectivity index (χ0) is 21.5. The maximum Gasteiger partial charge on any atom is 0.226 e. The lowest BCUT2D eigenvalue weighted by atomic mass is 9.87. The Labute approximate surface area is 198 Å². The fraction of sp³-hybridized carbons (Fsp3) is 0.522. The Balaban J connectivity index is 0.00000137. The second-order valence-corrected chi connectivity index (χ2v) is 11.3. The number of hydrogen-bond acceptors (Lipinski definition) is 8. The summed E-state index contributed by atoms with van der Waals surface area (Å²) in [6.07, 6.45) is 7.44. The maximum absolute atomic E-state index is 13.0. The van der Waals surface area contributed by atoms with Gasteiger partial charge in [-0.15, -0.1) is 22.7 Å². The molecule has 0 bridgehead atoms. The van der Waals surface area contributed by atoms with E-state index in [0.29, 0.717) is 11.8 Å². The molecule has 3 aliphatic heterocycles. The first-order chi connectivity index (χ1) is 15.7. The van der Waals surface area contributed by atoms with Crippen LogP contribution < -0.4 is 10.6 Å². The number of fused-ring (bicyclic) bond motifs is 2. The fourth-order valence-electron chi connectivity index (χ4n) is 5.17. The Kier molecular flexibility index (Phi) is 5.47. The average Bonchev–Trinajstić information content (AvgIpc) is 3.58. The van der Waals surface area contributed by atoms with Gasteiger partial charge in [-0.1, -0.05) is 0 Å². The third kappa shape index (κ3) is 3.86. The molecule has 2 saturated heterocycles. The number of ether oxygens (including phenoxy) is 1. The van der Waals surface area contributed by atoms with Crippen LogP contribution in [0.15, 0.2) is 18.5 Å². The van der Waals surface area contributed by atoms with Crippen molar-refractivity contribution < 1.29 is 12.4 Å². The summed E-state index contributed by atoms with van der Waals surface area (Å²) in [6.45, 7) is 6.51. The molecule has 0 saturated carbocycles. The van der Waals surface area contributed by atoms with Crippen LogP contribution in [0.3, 0.4) is 0 Å². The van der Waals surface area contributed by atoms with Crippen molar-refractivity contribution in [2.75, 3.05) is 44.7 Å². The Bertz CT molecular complexity index is 1130. The number of nitrogens with zero attached hydrogens (tertiary/aromatic N) is 3. The summed E-state index contributed by atoms with van der Waals surface area (Å²) >= 11 is 3.37. The van der Waals surface area contributed by atoms with Crippen LogP contribution in [-0.2, 0) is 22.5 Å². The van der Waals surface area contributed by atoms with Gasteiger partial charge in [0.1, 0.15) is 15.5 Å². The summed E-state index contributed by atoms with van der Waals surface area (Å²) in [7, 11) is 0. The number of hydrogen-bond donors (Lipinski definition) is 2. The van der Waals surface area contributed by atoms with Gasteiger partial charge in [0, 0.05) is 57.6 Å². The van der Waals surface area contributed by atoms with E-state index in [1.807, 2.05) is 12.3 Å². The molecule has 3 aromatic rings. The Morgan fingerprint density at radius 2 is 2.34 bits per heavy atom. The van der Waals surface area contributed by atoms with Crippen molar-refractivity contribution >= 4 is 43.8 Å². The fourth-order valence-corrected chi connectivity index (χ4v) is 7.49. The van der Waals surface area contributed by atoms with E-state index in [2.05, 4.69) is 20.5 Å². The lowest BCUT2D eigenvalue weighted by Crippen LogP contribution is -2.30. The van der Waals surface area contributed by atoms with Crippen molar-refractivity contribution in [1.29, 1.82) is 0 Å². The first-order valence-corrected chi connectivity index (χ1v) is 13.0. The number of amides is 1. The van der Waals surface area contributed by atoms with E-state index in [1.165, 1.54) is 16.9 Å². The Morgan fingerprint density at radius 3 is 3.22 bits per heavy atom. The predicted octanol–water partition coefficient (Wildman–Crippen LogP) is 4.00. The summed E-state index contributed by atoms with van der Waals surface area (Å²) in [5.74, 6) is 0.0872. The van der Waals surface area contributed by atoms with Gasteiger partial charge < -0.3 is 20.3 Å². The molecule has 32 heavy (non-hydrogen) atoms. The average molecular weight is 474 g/mol. The molecule has 1 atom stereocenters. The lowest BCUT2D eigenvalue weighted by Gasteiger charge is -2.21. The zero-order valence-corrected chi connectivity index (χ0v) is 19.6. The predicted molar refractivity (Wildman–Crippen MR) is 133 cm³/mol. The molecule has 9 heteroatoms. The number of thiophene rings is 1. The number of nitrogens with one attached hydrogen (secondary N) is 2. The minimum Gasteiger partial charge on any atom is -0.381 e. The highest BCUT2D eigenvalue weighted by atomic mass is 32.1. The van der Waals surface area contributed by atoms with Crippen molar-refractivity contribution in [2.45, 2.75) is 32.2 Å². The summed E-state index contributed by atoms with van der Waals surface area (Å²) in [6, 6.07) is 2.01. The van der Waals surface area contributed by atoms with Gasteiger partial charge in [-0.2, -0.15) is 0 Å². The van der Waals surface area contributed by atoms with E-state index in [-0.39, 0.29) is 8.76 Å². The monoisotopic (exact) mass is 473 g/mol. The van der Waals surface area contributed by atoms with Gasteiger partial charge in [0.25, 0.3) is 0 Å². The van der Waals surface area contributed by atoms with E-state index >= 15 is 0 Å². The van der Waals surface area contributed by atoms with Crippen LogP contribution in [0.4, 0.5) is 5.00 Å². The normalized spacial score (nSPS) is 23.2. The molecule has 1 amide bonds. The SMILES string of the molecule is O=C(CCN1CCC2(CCOC2)C1)Nc1sc2c(c1-c1nc3cnccc3s1)CCNC2.[HH].[HH]. The van der Waals surface area contributed by atoms with Gasteiger partial charge in [-0.05, 0) is 44.0 Å². The van der Waals surface area contributed by atoms with Gasteiger partial charge in [0.2, 0.25) is 5.91 Å². The molecule has 0 radical (unpaired) electrons. The molecule has 2 fully saturated rings. The van der Waals surface area contributed by atoms with Gasteiger partial charge in [0.05, 0.1) is 17.5 Å². The molecule has 0 aromatic carbocycles. The second-order valence-electron chi connectivity index (χ2n) is 9.12. The first-order valence-electron chi connectivity index (χ1n) is 11.4. The van der Waals surface area contributed by atoms with E-state index < -0.39 is 0 Å². The third-order valence-electron chi connectivity index (χ3n) is 6.94. The van der Waals surface area contributed by atoms with Crippen LogP contribution in [0.1, 0.15) is 32.6 Å². The summed E-state index contributed by atoms with van der Waals surface area (Å²) in [5, 5.41) is 8.62. The van der Waals surface area contributed by atoms with Gasteiger partial charge >= 0.3 is 0 Å². The number of likely N-dealkylation sites (tertiary alicyclic amines) is 1. The molecule has 6 rings (SSSR count). The number of rotatable bonds is 5. The third-order valence-corrected chi connectivity index (χ3v) is 9.14. The molecule has 0 aliphatic carbocycles. The second kappa shape index (κ2) is 8.46. The quantitative estimate of drug-likeness (QED) is 0.583. The van der Waals surface area contributed by atoms with Crippen LogP contribution in [0.5, 0.6) is 0 Å². The number of pyridine rings is 1. The van der Waals surface area contributed by atoms with Crippen LogP contribution >= 0.6 is 22.7 Å². The Morgan fingerprint density at radius 1 is 1.38 bits per heavy atom. The minimum atomic E-state index is 0. The highest BCUT2D eigenvalue weighted by molar-refractivity contribution is 7.22. The molecule has 3 aromatic heterocycles. The van der Waals surface area contributed by atoms with Gasteiger partial charge in [0.15, 0.2) is 0 Å². The molecule has 1 spiro atoms. The summed E-state index contributed by atoms with van der Waals surface area (Å²) in [5.41, 5.74) is 3.70. The van der Waals surface area contributed by atoms with Crippen molar-refractivity contribution in [3.05, 3.63) is 28.9 Å². The molecule has 2 N–H and O–H groups in total. The number of carbonyl (C=O) groups is 1. The van der Waals surface area contributed by atoms with Crippen molar-refractivity contribution in [3.8, 4) is 10.6 Å². The van der Waals surface area contributed by atoms with E-state index in [9.17, 15) is 4.79 Å². The molecule has 1 unspecified atom stereocenters.